The van der Waals surface area contributed by atoms with Crippen LogP contribution in [0.1, 0.15) is 23.1 Å². The Morgan fingerprint density at radius 2 is 2.05 bits per heavy atom. The Labute approximate surface area is 113 Å². The monoisotopic (exact) mass is 285 g/mol. The van der Waals surface area contributed by atoms with E-state index in [2.05, 4.69) is 4.90 Å². The van der Waals surface area contributed by atoms with Gasteiger partial charge in [0.25, 0.3) is 10.1 Å². The van der Waals surface area contributed by atoms with E-state index >= 15 is 0 Å². The second-order valence-corrected chi connectivity index (χ2v) is 6.50. The van der Waals surface area contributed by atoms with E-state index in [4.69, 9.17) is 9.66 Å². The first-order valence-corrected chi connectivity index (χ1v) is 7.98. The summed E-state index contributed by atoms with van der Waals surface area (Å²) in [5.74, 6) is -0.181. The summed E-state index contributed by atoms with van der Waals surface area (Å²) in [6.07, 6.45) is 1.36. The Kier molecular flexibility index (Phi) is 4.57. The summed E-state index contributed by atoms with van der Waals surface area (Å²) < 4.78 is 30.0. The quantitative estimate of drug-likeness (QED) is 0.783. The van der Waals surface area contributed by atoms with Gasteiger partial charge in [0.15, 0.2) is 0 Å². The second kappa shape index (κ2) is 6.00. The molecule has 1 aliphatic rings. The lowest BCUT2D eigenvalue weighted by molar-refractivity contribution is 0.253. The molecule has 0 fully saturated rings. The standard InChI is InChI=1S/C13H19NO4S/c15-10-11-2-3-13-9-14(6-4-12(13)8-11)5-1-7-19(16,17)18/h2-3,8,15H,1,4-7,9-10H2,(H,16,17,18). The summed E-state index contributed by atoms with van der Waals surface area (Å²) in [6, 6.07) is 5.97. The summed E-state index contributed by atoms with van der Waals surface area (Å²) in [7, 11) is -3.85. The van der Waals surface area contributed by atoms with Gasteiger partial charge in [-0.25, -0.2) is 0 Å². The zero-order valence-electron chi connectivity index (χ0n) is 10.7. The van der Waals surface area contributed by atoms with Gasteiger partial charge < -0.3 is 5.11 Å². The minimum atomic E-state index is -3.85. The summed E-state index contributed by atoms with van der Waals surface area (Å²) >= 11 is 0. The highest BCUT2D eigenvalue weighted by molar-refractivity contribution is 7.85. The van der Waals surface area contributed by atoms with Crippen molar-refractivity contribution in [2.75, 3.05) is 18.8 Å². The van der Waals surface area contributed by atoms with E-state index in [1.807, 2.05) is 18.2 Å². The molecule has 0 spiro atoms. The first-order chi connectivity index (χ1) is 8.98. The first kappa shape index (κ1) is 14.5. The van der Waals surface area contributed by atoms with Crippen molar-refractivity contribution in [1.29, 1.82) is 0 Å². The van der Waals surface area contributed by atoms with Crippen LogP contribution < -0.4 is 0 Å². The molecule has 1 heterocycles. The smallest absolute Gasteiger partial charge is 0.264 e. The number of aliphatic hydroxyl groups excluding tert-OH is 1. The van der Waals surface area contributed by atoms with Gasteiger partial charge in [0.05, 0.1) is 12.4 Å². The van der Waals surface area contributed by atoms with Gasteiger partial charge in [-0.05, 0) is 36.1 Å². The number of hydrogen-bond donors (Lipinski definition) is 2. The van der Waals surface area contributed by atoms with Gasteiger partial charge in [-0.2, -0.15) is 8.42 Å². The normalized spacial score (nSPS) is 16.3. The number of hydrogen-bond acceptors (Lipinski definition) is 4. The molecule has 19 heavy (non-hydrogen) atoms. The fourth-order valence-corrected chi connectivity index (χ4v) is 2.92. The molecular formula is C13H19NO4S. The van der Waals surface area contributed by atoms with Crippen LogP contribution in [0.15, 0.2) is 18.2 Å². The third-order valence-electron chi connectivity index (χ3n) is 3.42. The third kappa shape index (κ3) is 4.28. The van der Waals surface area contributed by atoms with E-state index < -0.39 is 10.1 Å². The average Bonchev–Trinajstić information content (AvgIpc) is 2.36. The van der Waals surface area contributed by atoms with Crippen molar-refractivity contribution in [3.8, 4) is 0 Å². The zero-order chi connectivity index (χ0) is 13.9. The SMILES string of the molecule is O=S(=O)(O)CCCN1CCc2cc(CO)ccc2C1. The topological polar surface area (TPSA) is 77.8 Å². The van der Waals surface area contributed by atoms with Gasteiger partial charge in [0.1, 0.15) is 0 Å². The molecule has 1 aromatic rings. The van der Waals surface area contributed by atoms with Crippen molar-refractivity contribution in [1.82, 2.24) is 4.90 Å². The van der Waals surface area contributed by atoms with Crippen LogP contribution >= 0.6 is 0 Å². The van der Waals surface area contributed by atoms with E-state index in [0.29, 0.717) is 13.0 Å². The first-order valence-electron chi connectivity index (χ1n) is 6.37. The number of nitrogens with zero attached hydrogens (tertiary/aromatic N) is 1. The molecule has 0 unspecified atom stereocenters. The van der Waals surface area contributed by atoms with Crippen LogP contribution in [0.3, 0.4) is 0 Å². The van der Waals surface area contributed by atoms with Gasteiger partial charge in [-0.1, -0.05) is 18.2 Å². The van der Waals surface area contributed by atoms with Crippen LogP contribution in [0.2, 0.25) is 0 Å². The molecule has 6 heteroatoms. The lowest BCUT2D eigenvalue weighted by Crippen LogP contribution is -2.32. The van der Waals surface area contributed by atoms with Gasteiger partial charge in [0.2, 0.25) is 0 Å². The molecule has 0 saturated heterocycles. The highest BCUT2D eigenvalue weighted by Gasteiger charge is 2.16. The lowest BCUT2D eigenvalue weighted by atomic mass is 9.97. The molecule has 0 amide bonds. The van der Waals surface area contributed by atoms with E-state index in [9.17, 15) is 8.42 Å². The summed E-state index contributed by atoms with van der Waals surface area (Å²) in [5, 5.41) is 9.09. The van der Waals surface area contributed by atoms with Gasteiger partial charge in [0, 0.05) is 13.1 Å². The predicted molar refractivity (Wildman–Crippen MR) is 72.4 cm³/mol. The van der Waals surface area contributed by atoms with Crippen molar-refractivity contribution < 1.29 is 18.1 Å². The molecule has 0 aromatic heterocycles. The van der Waals surface area contributed by atoms with Crippen molar-refractivity contribution in [2.45, 2.75) is 26.0 Å². The van der Waals surface area contributed by atoms with Crippen molar-refractivity contribution in [2.24, 2.45) is 0 Å². The Morgan fingerprint density at radius 3 is 2.74 bits per heavy atom. The van der Waals surface area contributed by atoms with Crippen LogP contribution in [0, 0.1) is 0 Å². The number of benzene rings is 1. The molecule has 0 radical (unpaired) electrons. The van der Waals surface area contributed by atoms with E-state index in [-0.39, 0.29) is 12.4 Å². The number of rotatable bonds is 5. The molecule has 5 nitrogen and oxygen atoms in total. The summed E-state index contributed by atoms with van der Waals surface area (Å²) in [5.41, 5.74) is 3.42. The highest BCUT2D eigenvalue weighted by Crippen LogP contribution is 2.20. The van der Waals surface area contributed by atoms with E-state index in [0.717, 1.165) is 25.1 Å². The minimum Gasteiger partial charge on any atom is -0.392 e. The molecule has 1 aromatic carbocycles. The Bertz CT molecular complexity index is 542. The van der Waals surface area contributed by atoms with Crippen LogP contribution in [-0.2, 0) is 29.7 Å². The second-order valence-electron chi connectivity index (χ2n) is 4.93. The van der Waals surface area contributed by atoms with Crippen LogP contribution in [-0.4, -0.2) is 41.8 Å². The lowest BCUT2D eigenvalue weighted by Gasteiger charge is -2.28. The number of aliphatic hydroxyl groups is 1. The van der Waals surface area contributed by atoms with Gasteiger partial charge in [-0.15, -0.1) is 0 Å². The predicted octanol–water partition coefficient (Wildman–Crippen LogP) is 0.815. The third-order valence-corrected chi connectivity index (χ3v) is 4.23. The maximum Gasteiger partial charge on any atom is 0.264 e. The molecule has 0 saturated carbocycles. The van der Waals surface area contributed by atoms with E-state index in [1.54, 1.807) is 0 Å². The molecule has 1 aliphatic heterocycles. The van der Waals surface area contributed by atoms with Crippen molar-refractivity contribution in [3.63, 3.8) is 0 Å². The van der Waals surface area contributed by atoms with Crippen molar-refractivity contribution >= 4 is 10.1 Å². The molecule has 106 valence electrons. The molecule has 0 bridgehead atoms. The maximum atomic E-state index is 10.7. The van der Waals surface area contributed by atoms with Gasteiger partial charge in [-0.3, -0.25) is 9.45 Å². The molecule has 2 rings (SSSR count). The average molecular weight is 285 g/mol. The fraction of sp³-hybridized carbons (Fsp3) is 0.538. The highest BCUT2D eigenvalue weighted by atomic mass is 32.2. The van der Waals surface area contributed by atoms with Crippen LogP contribution in [0.5, 0.6) is 0 Å². The fourth-order valence-electron chi connectivity index (χ4n) is 2.42. The van der Waals surface area contributed by atoms with Crippen LogP contribution in [0.25, 0.3) is 0 Å². The Balaban J connectivity index is 1.91. The van der Waals surface area contributed by atoms with Gasteiger partial charge >= 0.3 is 0 Å². The molecule has 2 N–H and O–H groups in total. The minimum absolute atomic E-state index is 0.0609. The van der Waals surface area contributed by atoms with Crippen molar-refractivity contribution in [3.05, 3.63) is 34.9 Å². The van der Waals surface area contributed by atoms with Crippen LogP contribution in [0.4, 0.5) is 0 Å². The largest absolute Gasteiger partial charge is 0.392 e. The molecule has 0 aliphatic carbocycles. The molecule has 0 atom stereocenters. The Morgan fingerprint density at radius 1 is 1.26 bits per heavy atom. The summed E-state index contributed by atoms with van der Waals surface area (Å²) in [6.45, 7) is 2.41. The maximum absolute atomic E-state index is 10.7. The Hall–Kier alpha value is -0.950. The zero-order valence-corrected chi connectivity index (χ0v) is 11.6. The van der Waals surface area contributed by atoms with E-state index in [1.165, 1.54) is 11.1 Å². The molecular weight excluding hydrogens is 266 g/mol. The number of fused-ring (bicyclic) bond motifs is 1. The summed E-state index contributed by atoms with van der Waals surface area (Å²) in [4.78, 5) is 2.19.